The first-order valence-electron chi connectivity index (χ1n) is 9.66. The number of amides is 1. The Morgan fingerprint density at radius 1 is 1.04 bits per heavy atom. The standard InChI is InChI=1S/C21H32N2O4/c1-14-15(2)19(25)17-9-13-23(12-8-16(17)18(14)24)11-7-10-22(6)20(26)27-21(3,4)5/h7-13H2,1-6H3. The lowest BCUT2D eigenvalue weighted by atomic mass is 9.83. The smallest absolute Gasteiger partial charge is 0.410 e. The van der Waals surface area contributed by atoms with Gasteiger partial charge in [0.05, 0.1) is 0 Å². The number of hydrogen-bond acceptors (Lipinski definition) is 5. The molecule has 0 spiro atoms. The molecule has 150 valence electrons. The molecule has 1 aliphatic carbocycles. The number of carbonyl (C=O) groups is 3. The van der Waals surface area contributed by atoms with Gasteiger partial charge in [0.2, 0.25) is 0 Å². The Morgan fingerprint density at radius 2 is 1.52 bits per heavy atom. The third-order valence-corrected chi connectivity index (χ3v) is 5.19. The Kier molecular flexibility index (Phi) is 6.63. The van der Waals surface area contributed by atoms with Gasteiger partial charge in [-0.2, -0.15) is 0 Å². The molecule has 0 N–H and O–H groups in total. The van der Waals surface area contributed by atoms with Crippen molar-refractivity contribution in [2.75, 3.05) is 33.2 Å². The number of carbonyl (C=O) groups excluding carboxylic acids is 3. The largest absolute Gasteiger partial charge is 0.444 e. The van der Waals surface area contributed by atoms with Crippen molar-refractivity contribution in [3.8, 4) is 0 Å². The fourth-order valence-corrected chi connectivity index (χ4v) is 3.43. The minimum atomic E-state index is -0.496. The molecule has 6 nitrogen and oxygen atoms in total. The second-order valence-corrected chi connectivity index (χ2v) is 8.46. The Morgan fingerprint density at radius 3 is 1.96 bits per heavy atom. The van der Waals surface area contributed by atoms with E-state index in [2.05, 4.69) is 4.90 Å². The highest BCUT2D eigenvalue weighted by Crippen LogP contribution is 2.30. The molecule has 1 amide bonds. The summed E-state index contributed by atoms with van der Waals surface area (Å²) in [4.78, 5) is 40.9. The van der Waals surface area contributed by atoms with Crippen molar-refractivity contribution in [2.24, 2.45) is 0 Å². The Hall–Kier alpha value is -1.95. The van der Waals surface area contributed by atoms with E-state index in [-0.39, 0.29) is 17.7 Å². The summed E-state index contributed by atoms with van der Waals surface area (Å²) in [6.07, 6.45) is 1.74. The predicted octanol–water partition coefficient (Wildman–Crippen LogP) is 3.12. The van der Waals surface area contributed by atoms with Gasteiger partial charge < -0.3 is 14.5 Å². The summed E-state index contributed by atoms with van der Waals surface area (Å²) >= 11 is 0. The van der Waals surface area contributed by atoms with Gasteiger partial charge in [-0.1, -0.05) is 0 Å². The SMILES string of the molecule is CC1=C(C)C(=O)C2=C(CCN(CCCN(C)C(=O)OC(C)(C)C)CC2)C1=O. The fourth-order valence-electron chi connectivity index (χ4n) is 3.43. The van der Waals surface area contributed by atoms with Crippen molar-refractivity contribution in [3.63, 3.8) is 0 Å². The van der Waals surface area contributed by atoms with Gasteiger partial charge in [-0.05, 0) is 60.4 Å². The number of allylic oxidation sites excluding steroid dienone is 2. The first-order chi connectivity index (χ1) is 12.5. The zero-order chi connectivity index (χ0) is 20.4. The molecule has 0 unspecified atom stereocenters. The van der Waals surface area contributed by atoms with E-state index in [1.165, 1.54) is 0 Å². The number of ketones is 2. The molecule has 1 heterocycles. The van der Waals surface area contributed by atoms with Crippen molar-refractivity contribution in [1.82, 2.24) is 9.80 Å². The highest BCUT2D eigenvalue weighted by Gasteiger charge is 2.31. The molecule has 0 aromatic rings. The second-order valence-electron chi connectivity index (χ2n) is 8.46. The molecule has 0 saturated heterocycles. The van der Waals surface area contributed by atoms with Crippen molar-refractivity contribution >= 4 is 17.7 Å². The second kappa shape index (κ2) is 8.38. The Bertz CT molecular complexity index is 659. The molecular weight excluding hydrogens is 344 g/mol. The van der Waals surface area contributed by atoms with E-state index in [9.17, 15) is 14.4 Å². The number of nitrogens with zero attached hydrogens (tertiary/aromatic N) is 2. The number of Topliss-reactive ketones (excluding diaryl/α,β-unsaturated/α-hetero) is 2. The van der Waals surface area contributed by atoms with Crippen LogP contribution in [0.2, 0.25) is 0 Å². The molecule has 6 heteroatoms. The van der Waals surface area contributed by atoms with Crippen LogP contribution in [0, 0.1) is 0 Å². The van der Waals surface area contributed by atoms with Crippen molar-refractivity contribution in [1.29, 1.82) is 0 Å². The van der Waals surface area contributed by atoms with Crippen molar-refractivity contribution in [2.45, 2.75) is 59.5 Å². The van der Waals surface area contributed by atoms with Crippen LogP contribution in [0.15, 0.2) is 22.3 Å². The fraction of sp³-hybridized carbons (Fsp3) is 0.667. The van der Waals surface area contributed by atoms with Crippen LogP contribution in [0.4, 0.5) is 4.79 Å². The van der Waals surface area contributed by atoms with E-state index in [1.54, 1.807) is 25.8 Å². The van der Waals surface area contributed by atoms with Crippen LogP contribution >= 0.6 is 0 Å². The van der Waals surface area contributed by atoms with Gasteiger partial charge in [-0.3, -0.25) is 9.59 Å². The lowest BCUT2D eigenvalue weighted by Gasteiger charge is -2.26. The highest BCUT2D eigenvalue weighted by molar-refractivity contribution is 6.24. The first-order valence-corrected chi connectivity index (χ1v) is 9.66. The summed E-state index contributed by atoms with van der Waals surface area (Å²) in [7, 11) is 1.74. The van der Waals surface area contributed by atoms with E-state index < -0.39 is 5.60 Å². The van der Waals surface area contributed by atoms with E-state index in [1.807, 2.05) is 20.8 Å². The molecule has 0 aromatic heterocycles. The maximum atomic E-state index is 12.5. The van der Waals surface area contributed by atoms with Gasteiger partial charge >= 0.3 is 6.09 Å². The molecular formula is C21H32N2O4. The van der Waals surface area contributed by atoms with E-state index >= 15 is 0 Å². The average Bonchev–Trinajstić information content (AvgIpc) is 2.79. The summed E-state index contributed by atoms with van der Waals surface area (Å²) in [6, 6.07) is 0. The molecule has 2 rings (SSSR count). The Balaban J connectivity index is 1.85. The van der Waals surface area contributed by atoms with Gasteiger partial charge in [0.15, 0.2) is 11.6 Å². The zero-order valence-corrected chi connectivity index (χ0v) is 17.5. The van der Waals surface area contributed by atoms with Gasteiger partial charge in [-0.15, -0.1) is 0 Å². The summed E-state index contributed by atoms with van der Waals surface area (Å²) in [6.45, 7) is 12.0. The van der Waals surface area contributed by atoms with Crippen molar-refractivity contribution in [3.05, 3.63) is 22.3 Å². The van der Waals surface area contributed by atoms with E-state index in [0.717, 1.165) is 26.1 Å². The maximum Gasteiger partial charge on any atom is 0.410 e. The molecule has 0 radical (unpaired) electrons. The third-order valence-electron chi connectivity index (χ3n) is 5.19. The number of hydrogen-bond donors (Lipinski definition) is 0. The summed E-state index contributed by atoms with van der Waals surface area (Å²) in [5.74, 6) is 0.0715. The van der Waals surface area contributed by atoms with Crippen LogP contribution in [-0.4, -0.2) is 66.3 Å². The summed E-state index contributed by atoms with van der Waals surface area (Å²) < 4.78 is 5.36. The zero-order valence-electron chi connectivity index (χ0n) is 17.5. The van der Waals surface area contributed by atoms with Crippen LogP contribution in [0.3, 0.4) is 0 Å². The maximum absolute atomic E-state index is 12.5. The van der Waals surface area contributed by atoms with E-state index in [0.29, 0.717) is 41.7 Å². The normalized spacial score (nSPS) is 19.2. The lowest BCUT2D eigenvalue weighted by molar-refractivity contribution is -0.116. The molecule has 2 aliphatic rings. The van der Waals surface area contributed by atoms with Gasteiger partial charge in [0.1, 0.15) is 5.60 Å². The summed E-state index contributed by atoms with van der Waals surface area (Å²) in [5.41, 5.74) is 2.09. The van der Waals surface area contributed by atoms with Gasteiger partial charge in [-0.25, -0.2) is 4.79 Å². The number of ether oxygens (including phenoxy) is 1. The average molecular weight is 376 g/mol. The lowest BCUT2D eigenvalue weighted by Crippen LogP contribution is -2.36. The third kappa shape index (κ3) is 5.28. The van der Waals surface area contributed by atoms with Crippen LogP contribution in [-0.2, 0) is 14.3 Å². The minimum Gasteiger partial charge on any atom is -0.444 e. The summed E-state index contributed by atoms with van der Waals surface area (Å²) in [5, 5.41) is 0. The Labute approximate surface area is 162 Å². The first kappa shape index (κ1) is 21.4. The molecule has 0 fully saturated rings. The molecule has 0 aromatic carbocycles. The van der Waals surface area contributed by atoms with Gasteiger partial charge in [0, 0.05) is 49.0 Å². The monoisotopic (exact) mass is 376 g/mol. The van der Waals surface area contributed by atoms with Crippen LogP contribution in [0.5, 0.6) is 0 Å². The minimum absolute atomic E-state index is 0.0357. The van der Waals surface area contributed by atoms with Crippen LogP contribution < -0.4 is 0 Å². The molecule has 0 atom stereocenters. The van der Waals surface area contributed by atoms with E-state index in [4.69, 9.17) is 4.74 Å². The highest BCUT2D eigenvalue weighted by atomic mass is 16.6. The van der Waals surface area contributed by atoms with Gasteiger partial charge in [0.25, 0.3) is 0 Å². The topological polar surface area (TPSA) is 66.9 Å². The molecule has 0 bridgehead atoms. The number of rotatable bonds is 4. The molecule has 0 saturated carbocycles. The molecule has 1 aliphatic heterocycles. The van der Waals surface area contributed by atoms with Crippen LogP contribution in [0.1, 0.15) is 53.9 Å². The van der Waals surface area contributed by atoms with Crippen molar-refractivity contribution < 1.29 is 19.1 Å². The van der Waals surface area contributed by atoms with Crippen LogP contribution in [0.25, 0.3) is 0 Å². The molecule has 27 heavy (non-hydrogen) atoms. The predicted molar refractivity (Wildman–Crippen MR) is 105 cm³/mol. The quantitative estimate of drug-likeness (QED) is 0.705.